The van der Waals surface area contributed by atoms with Gasteiger partial charge in [0.2, 0.25) is 5.96 Å². The molecule has 0 aromatic rings. The molecule has 1 saturated carbocycles. The molecular formula is C12H21N3O. The number of nitrogens with one attached hydrogen (secondary N) is 1. The second-order valence-electron chi connectivity index (χ2n) is 4.78. The van der Waals surface area contributed by atoms with E-state index in [-0.39, 0.29) is 5.91 Å². The molecule has 4 nitrogen and oxygen atoms in total. The van der Waals surface area contributed by atoms with Crippen LogP contribution in [0.15, 0.2) is 4.99 Å². The molecule has 0 saturated heterocycles. The molecule has 0 spiro atoms. The van der Waals surface area contributed by atoms with Gasteiger partial charge in [0, 0.05) is 13.1 Å². The minimum atomic E-state index is 0.0911. The maximum atomic E-state index is 11.3. The number of carbonyl (C=O) groups is 1. The Hall–Kier alpha value is -1.06. The lowest BCUT2D eigenvalue weighted by molar-refractivity contribution is -0.124. The van der Waals surface area contributed by atoms with Crippen LogP contribution in [0.2, 0.25) is 0 Å². The minimum Gasteiger partial charge on any atom is -0.353 e. The molecular weight excluding hydrogens is 202 g/mol. The summed E-state index contributed by atoms with van der Waals surface area (Å²) in [4.78, 5) is 17.2. The van der Waals surface area contributed by atoms with E-state index < -0.39 is 0 Å². The molecule has 1 heterocycles. The summed E-state index contributed by atoms with van der Waals surface area (Å²) in [6, 6.07) is 0.507. The summed E-state index contributed by atoms with van der Waals surface area (Å²) in [5.41, 5.74) is 0. The first kappa shape index (κ1) is 11.4. The summed E-state index contributed by atoms with van der Waals surface area (Å²) >= 11 is 0. The van der Waals surface area contributed by atoms with Gasteiger partial charge in [0.1, 0.15) is 6.54 Å². The molecule has 0 bridgehead atoms. The van der Waals surface area contributed by atoms with Crippen molar-refractivity contribution in [1.82, 2.24) is 10.2 Å². The third-order valence-electron chi connectivity index (χ3n) is 3.49. The molecule has 0 aromatic heterocycles. The largest absolute Gasteiger partial charge is 0.353 e. The van der Waals surface area contributed by atoms with Gasteiger partial charge in [-0.1, -0.05) is 32.1 Å². The lowest BCUT2D eigenvalue weighted by Crippen LogP contribution is -2.43. The van der Waals surface area contributed by atoms with Crippen molar-refractivity contribution in [2.45, 2.75) is 51.0 Å². The first-order chi connectivity index (χ1) is 7.77. The van der Waals surface area contributed by atoms with E-state index in [9.17, 15) is 4.79 Å². The fourth-order valence-corrected chi connectivity index (χ4v) is 2.40. The molecule has 1 N–H and O–H groups in total. The molecule has 0 aromatic carbocycles. The van der Waals surface area contributed by atoms with Crippen molar-refractivity contribution in [3.8, 4) is 0 Å². The smallest absolute Gasteiger partial charge is 0.250 e. The van der Waals surface area contributed by atoms with Crippen molar-refractivity contribution < 1.29 is 4.79 Å². The summed E-state index contributed by atoms with van der Waals surface area (Å²) in [5.74, 6) is 0.865. The lowest BCUT2D eigenvalue weighted by Gasteiger charge is -2.24. The number of rotatable bonds is 1. The van der Waals surface area contributed by atoms with Crippen LogP contribution in [0.5, 0.6) is 0 Å². The van der Waals surface area contributed by atoms with E-state index in [4.69, 9.17) is 0 Å². The summed E-state index contributed by atoms with van der Waals surface area (Å²) in [7, 11) is 1.80. The highest BCUT2D eigenvalue weighted by Crippen LogP contribution is 2.17. The van der Waals surface area contributed by atoms with E-state index >= 15 is 0 Å². The van der Waals surface area contributed by atoms with Crippen molar-refractivity contribution >= 4 is 11.9 Å². The van der Waals surface area contributed by atoms with Crippen LogP contribution in [0, 0.1) is 0 Å². The molecule has 1 aliphatic heterocycles. The van der Waals surface area contributed by atoms with Crippen LogP contribution >= 0.6 is 0 Å². The SMILES string of the molecule is CN1C(=O)CN=C1NC1CCCCCCC1. The van der Waals surface area contributed by atoms with Crippen LogP contribution in [-0.2, 0) is 4.79 Å². The Morgan fingerprint density at radius 2 is 1.81 bits per heavy atom. The minimum absolute atomic E-state index is 0.0911. The van der Waals surface area contributed by atoms with E-state index in [0.717, 1.165) is 5.96 Å². The van der Waals surface area contributed by atoms with E-state index in [1.807, 2.05) is 0 Å². The molecule has 1 aliphatic carbocycles. The van der Waals surface area contributed by atoms with Gasteiger partial charge < -0.3 is 5.32 Å². The number of nitrogens with zero attached hydrogens (tertiary/aromatic N) is 2. The predicted molar refractivity (Wildman–Crippen MR) is 64.3 cm³/mol. The third-order valence-corrected chi connectivity index (χ3v) is 3.49. The average molecular weight is 223 g/mol. The number of guanidine groups is 1. The van der Waals surface area contributed by atoms with Gasteiger partial charge in [-0.05, 0) is 12.8 Å². The van der Waals surface area contributed by atoms with Crippen molar-refractivity contribution in [2.75, 3.05) is 13.6 Å². The topological polar surface area (TPSA) is 44.7 Å². The number of likely N-dealkylation sites (N-methyl/N-ethyl adjacent to an activating group) is 1. The summed E-state index contributed by atoms with van der Waals surface area (Å²) < 4.78 is 0. The zero-order valence-corrected chi connectivity index (χ0v) is 10.0. The standard InChI is InChI=1S/C12H21N3O/c1-15-11(16)9-13-12(15)14-10-7-5-3-2-4-6-8-10/h10H,2-9H2,1H3,(H,13,14). The first-order valence-electron chi connectivity index (χ1n) is 6.35. The number of hydrogen-bond acceptors (Lipinski definition) is 3. The Labute approximate surface area is 97.1 Å². The quantitative estimate of drug-likeness (QED) is 0.732. The van der Waals surface area contributed by atoms with Gasteiger partial charge in [0.05, 0.1) is 0 Å². The first-order valence-corrected chi connectivity index (χ1v) is 6.35. The summed E-state index contributed by atoms with van der Waals surface area (Å²) in [5, 5.41) is 3.42. The summed E-state index contributed by atoms with van der Waals surface area (Å²) in [6.45, 7) is 0.311. The van der Waals surface area contributed by atoms with E-state index in [1.54, 1.807) is 11.9 Å². The van der Waals surface area contributed by atoms with Crippen LogP contribution in [0.25, 0.3) is 0 Å². The monoisotopic (exact) mass is 223 g/mol. The zero-order chi connectivity index (χ0) is 11.4. The lowest BCUT2D eigenvalue weighted by atomic mass is 9.97. The molecule has 2 rings (SSSR count). The van der Waals surface area contributed by atoms with Crippen molar-refractivity contribution in [1.29, 1.82) is 0 Å². The van der Waals surface area contributed by atoms with Crippen molar-refractivity contribution in [3.63, 3.8) is 0 Å². The Bertz CT molecular complexity index is 280. The van der Waals surface area contributed by atoms with Crippen molar-refractivity contribution in [2.24, 2.45) is 4.99 Å². The van der Waals surface area contributed by atoms with Crippen molar-refractivity contribution in [3.05, 3.63) is 0 Å². The molecule has 0 radical (unpaired) electrons. The Kier molecular flexibility index (Phi) is 3.80. The molecule has 0 unspecified atom stereocenters. The van der Waals surface area contributed by atoms with Gasteiger partial charge in [-0.25, -0.2) is 4.99 Å². The fourth-order valence-electron chi connectivity index (χ4n) is 2.40. The molecule has 0 atom stereocenters. The van der Waals surface area contributed by atoms with Crippen LogP contribution in [0.3, 0.4) is 0 Å². The second-order valence-corrected chi connectivity index (χ2v) is 4.78. The number of amides is 1. The normalized spacial score (nSPS) is 23.9. The fraction of sp³-hybridized carbons (Fsp3) is 0.833. The second kappa shape index (κ2) is 5.32. The zero-order valence-electron chi connectivity index (χ0n) is 10.0. The van der Waals surface area contributed by atoms with Gasteiger partial charge in [-0.3, -0.25) is 9.69 Å². The molecule has 90 valence electrons. The van der Waals surface area contributed by atoms with Gasteiger partial charge in [0.15, 0.2) is 0 Å². The van der Waals surface area contributed by atoms with E-state index in [2.05, 4.69) is 10.3 Å². The molecule has 1 amide bonds. The Morgan fingerprint density at radius 3 is 2.38 bits per heavy atom. The maximum absolute atomic E-state index is 11.3. The number of aliphatic imine (C=N–C) groups is 1. The Morgan fingerprint density at radius 1 is 1.19 bits per heavy atom. The number of hydrogen-bond donors (Lipinski definition) is 1. The Balaban J connectivity index is 1.85. The van der Waals surface area contributed by atoms with Gasteiger partial charge in [-0.2, -0.15) is 0 Å². The van der Waals surface area contributed by atoms with Crippen LogP contribution in [0.1, 0.15) is 44.9 Å². The van der Waals surface area contributed by atoms with Gasteiger partial charge in [-0.15, -0.1) is 0 Å². The third kappa shape index (κ3) is 2.74. The molecule has 16 heavy (non-hydrogen) atoms. The molecule has 2 aliphatic rings. The molecule has 4 heteroatoms. The van der Waals surface area contributed by atoms with E-state index in [0.29, 0.717) is 12.6 Å². The average Bonchev–Trinajstić information content (AvgIpc) is 2.53. The maximum Gasteiger partial charge on any atom is 0.250 e. The van der Waals surface area contributed by atoms with Gasteiger partial charge >= 0.3 is 0 Å². The number of carbonyl (C=O) groups excluding carboxylic acids is 1. The highest BCUT2D eigenvalue weighted by Gasteiger charge is 2.23. The van der Waals surface area contributed by atoms with Crippen LogP contribution in [0.4, 0.5) is 0 Å². The van der Waals surface area contributed by atoms with Crippen LogP contribution < -0.4 is 5.32 Å². The highest BCUT2D eigenvalue weighted by atomic mass is 16.2. The summed E-state index contributed by atoms with van der Waals surface area (Å²) in [6.07, 6.45) is 9.08. The highest BCUT2D eigenvalue weighted by molar-refractivity contribution is 6.02. The molecule has 1 fully saturated rings. The van der Waals surface area contributed by atoms with Gasteiger partial charge in [0.25, 0.3) is 5.91 Å². The van der Waals surface area contributed by atoms with Crippen LogP contribution in [-0.4, -0.2) is 36.4 Å². The van der Waals surface area contributed by atoms with E-state index in [1.165, 1.54) is 44.9 Å². The predicted octanol–water partition coefficient (Wildman–Crippen LogP) is 1.52.